The molecule has 106 valence electrons. The van der Waals surface area contributed by atoms with Gasteiger partial charge >= 0.3 is 0 Å². The standard InChI is InChI=1S/C16H26N2O/c1-4-6-10-18(13(3)5-2)16(19)15-9-7-8-14(11-15)12-17/h7-9,11,13H,4-6,10,12,17H2,1-3H3. The molecule has 0 aliphatic heterocycles. The molecule has 19 heavy (non-hydrogen) atoms. The number of nitrogens with two attached hydrogens (primary N) is 1. The quantitative estimate of drug-likeness (QED) is 0.820. The van der Waals surface area contributed by atoms with Crippen LogP contribution in [0.5, 0.6) is 0 Å². The van der Waals surface area contributed by atoms with E-state index < -0.39 is 0 Å². The second-order valence-corrected chi connectivity index (χ2v) is 5.01. The fraction of sp³-hybridized carbons (Fsp3) is 0.562. The van der Waals surface area contributed by atoms with E-state index >= 15 is 0 Å². The molecule has 0 radical (unpaired) electrons. The van der Waals surface area contributed by atoms with E-state index in [1.165, 1.54) is 0 Å². The third-order valence-electron chi connectivity index (χ3n) is 3.55. The molecule has 0 aliphatic rings. The van der Waals surface area contributed by atoms with Crippen molar-refractivity contribution >= 4 is 5.91 Å². The van der Waals surface area contributed by atoms with Gasteiger partial charge in [0.25, 0.3) is 5.91 Å². The highest BCUT2D eigenvalue weighted by molar-refractivity contribution is 5.94. The predicted molar refractivity (Wildman–Crippen MR) is 80.0 cm³/mol. The maximum atomic E-state index is 12.6. The van der Waals surface area contributed by atoms with Crippen molar-refractivity contribution in [3.8, 4) is 0 Å². The van der Waals surface area contributed by atoms with Gasteiger partial charge in [-0.25, -0.2) is 0 Å². The fourth-order valence-corrected chi connectivity index (χ4v) is 2.07. The van der Waals surface area contributed by atoms with E-state index in [0.717, 1.165) is 36.9 Å². The van der Waals surface area contributed by atoms with Gasteiger partial charge in [-0.1, -0.05) is 32.4 Å². The summed E-state index contributed by atoms with van der Waals surface area (Å²) in [6.45, 7) is 7.68. The van der Waals surface area contributed by atoms with Gasteiger partial charge in [0.05, 0.1) is 0 Å². The molecule has 0 bridgehead atoms. The van der Waals surface area contributed by atoms with Gasteiger partial charge < -0.3 is 10.6 Å². The number of unbranched alkanes of at least 4 members (excludes halogenated alkanes) is 1. The van der Waals surface area contributed by atoms with Crippen LogP contribution >= 0.6 is 0 Å². The van der Waals surface area contributed by atoms with Gasteiger partial charge in [0.2, 0.25) is 0 Å². The van der Waals surface area contributed by atoms with Crippen molar-refractivity contribution in [3.05, 3.63) is 35.4 Å². The zero-order chi connectivity index (χ0) is 14.3. The predicted octanol–water partition coefficient (Wildman–Crippen LogP) is 3.19. The lowest BCUT2D eigenvalue weighted by molar-refractivity contribution is 0.0685. The van der Waals surface area contributed by atoms with Crippen molar-refractivity contribution in [3.63, 3.8) is 0 Å². The van der Waals surface area contributed by atoms with Gasteiger partial charge in [0, 0.05) is 24.7 Å². The van der Waals surface area contributed by atoms with Crippen molar-refractivity contribution in [2.75, 3.05) is 6.54 Å². The Morgan fingerprint density at radius 1 is 1.37 bits per heavy atom. The average Bonchev–Trinajstić information content (AvgIpc) is 2.47. The molecule has 3 heteroatoms. The normalized spacial score (nSPS) is 12.2. The van der Waals surface area contributed by atoms with E-state index in [1.807, 2.05) is 29.2 Å². The van der Waals surface area contributed by atoms with Gasteiger partial charge in [-0.3, -0.25) is 4.79 Å². The van der Waals surface area contributed by atoms with E-state index in [9.17, 15) is 4.79 Å². The van der Waals surface area contributed by atoms with E-state index in [2.05, 4.69) is 20.8 Å². The van der Waals surface area contributed by atoms with Crippen LogP contribution in [0.1, 0.15) is 56.0 Å². The largest absolute Gasteiger partial charge is 0.336 e. The highest BCUT2D eigenvalue weighted by Crippen LogP contribution is 2.13. The number of carbonyl (C=O) groups excluding carboxylic acids is 1. The maximum absolute atomic E-state index is 12.6. The zero-order valence-electron chi connectivity index (χ0n) is 12.4. The Balaban J connectivity index is 2.90. The van der Waals surface area contributed by atoms with Crippen molar-refractivity contribution in [1.29, 1.82) is 0 Å². The van der Waals surface area contributed by atoms with Crippen LogP contribution in [0.2, 0.25) is 0 Å². The number of rotatable bonds is 7. The minimum atomic E-state index is 0.123. The molecule has 1 unspecified atom stereocenters. The van der Waals surface area contributed by atoms with Gasteiger partial charge in [-0.2, -0.15) is 0 Å². The fourth-order valence-electron chi connectivity index (χ4n) is 2.07. The molecule has 0 aliphatic carbocycles. The van der Waals surface area contributed by atoms with Gasteiger partial charge in [0.1, 0.15) is 0 Å². The lowest BCUT2D eigenvalue weighted by atomic mass is 10.1. The molecule has 0 fully saturated rings. The Hall–Kier alpha value is -1.35. The van der Waals surface area contributed by atoms with Crippen LogP contribution in [0.15, 0.2) is 24.3 Å². The summed E-state index contributed by atoms with van der Waals surface area (Å²) in [5.41, 5.74) is 7.39. The molecule has 0 aromatic heterocycles. The molecule has 2 N–H and O–H groups in total. The Morgan fingerprint density at radius 2 is 2.11 bits per heavy atom. The number of carbonyl (C=O) groups is 1. The molecule has 0 heterocycles. The Kier molecular flexibility index (Phi) is 6.57. The smallest absolute Gasteiger partial charge is 0.254 e. The van der Waals surface area contributed by atoms with Crippen molar-refractivity contribution in [2.24, 2.45) is 5.73 Å². The first kappa shape index (κ1) is 15.7. The van der Waals surface area contributed by atoms with Gasteiger partial charge in [-0.05, 0) is 37.5 Å². The summed E-state index contributed by atoms with van der Waals surface area (Å²) >= 11 is 0. The minimum Gasteiger partial charge on any atom is -0.336 e. The SMILES string of the molecule is CCCCN(C(=O)c1cccc(CN)c1)C(C)CC. The topological polar surface area (TPSA) is 46.3 Å². The summed E-state index contributed by atoms with van der Waals surface area (Å²) in [4.78, 5) is 14.6. The first-order chi connectivity index (χ1) is 9.13. The third-order valence-corrected chi connectivity index (χ3v) is 3.55. The minimum absolute atomic E-state index is 0.123. The highest BCUT2D eigenvalue weighted by atomic mass is 16.2. The van der Waals surface area contributed by atoms with Crippen LogP contribution in [0.3, 0.4) is 0 Å². The zero-order valence-corrected chi connectivity index (χ0v) is 12.4. The Morgan fingerprint density at radius 3 is 2.68 bits per heavy atom. The number of hydrogen-bond donors (Lipinski definition) is 1. The summed E-state index contributed by atoms with van der Waals surface area (Å²) in [5, 5.41) is 0. The molecule has 1 amide bonds. The molecule has 0 saturated heterocycles. The molecule has 0 spiro atoms. The van der Waals surface area contributed by atoms with Crippen molar-refractivity contribution in [1.82, 2.24) is 4.90 Å². The Labute approximate surface area is 116 Å². The Bertz CT molecular complexity index is 403. The first-order valence-corrected chi connectivity index (χ1v) is 7.24. The van der Waals surface area contributed by atoms with Crippen LogP contribution < -0.4 is 5.73 Å². The van der Waals surface area contributed by atoms with Crippen LogP contribution in [-0.2, 0) is 6.54 Å². The van der Waals surface area contributed by atoms with Crippen LogP contribution in [-0.4, -0.2) is 23.4 Å². The summed E-state index contributed by atoms with van der Waals surface area (Å²) in [7, 11) is 0. The van der Waals surface area contributed by atoms with Crippen LogP contribution in [0.4, 0.5) is 0 Å². The molecular formula is C16H26N2O. The van der Waals surface area contributed by atoms with E-state index in [-0.39, 0.29) is 11.9 Å². The van der Waals surface area contributed by atoms with E-state index in [1.54, 1.807) is 0 Å². The van der Waals surface area contributed by atoms with Crippen molar-refractivity contribution in [2.45, 2.75) is 52.6 Å². The third kappa shape index (κ3) is 4.35. The molecule has 3 nitrogen and oxygen atoms in total. The molecule has 1 rings (SSSR count). The monoisotopic (exact) mass is 262 g/mol. The molecule has 1 aromatic carbocycles. The van der Waals surface area contributed by atoms with E-state index in [0.29, 0.717) is 6.54 Å². The number of benzene rings is 1. The average molecular weight is 262 g/mol. The number of nitrogens with zero attached hydrogens (tertiary/aromatic N) is 1. The lowest BCUT2D eigenvalue weighted by Crippen LogP contribution is -2.39. The van der Waals surface area contributed by atoms with Gasteiger partial charge in [0.15, 0.2) is 0 Å². The maximum Gasteiger partial charge on any atom is 0.254 e. The molecule has 0 saturated carbocycles. The first-order valence-electron chi connectivity index (χ1n) is 7.24. The number of amides is 1. The van der Waals surface area contributed by atoms with Gasteiger partial charge in [-0.15, -0.1) is 0 Å². The second kappa shape index (κ2) is 7.95. The molecule has 1 aromatic rings. The van der Waals surface area contributed by atoms with E-state index in [4.69, 9.17) is 5.73 Å². The van der Waals surface area contributed by atoms with Crippen LogP contribution in [0, 0.1) is 0 Å². The lowest BCUT2D eigenvalue weighted by Gasteiger charge is -2.28. The molecule has 1 atom stereocenters. The van der Waals surface area contributed by atoms with Crippen molar-refractivity contribution < 1.29 is 4.79 Å². The van der Waals surface area contributed by atoms with Crippen LogP contribution in [0.25, 0.3) is 0 Å². The summed E-state index contributed by atoms with van der Waals surface area (Å²) < 4.78 is 0. The summed E-state index contributed by atoms with van der Waals surface area (Å²) in [5.74, 6) is 0.123. The summed E-state index contributed by atoms with van der Waals surface area (Å²) in [6.07, 6.45) is 3.13. The molecular weight excluding hydrogens is 236 g/mol. The summed E-state index contributed by atoms with van der Waals surface area (Å²) in [6, 6.07) is 7.92. The number of hydrogen-bond acceptors (Lipinski definition) is 2. The highest BCUT2D eigenvalue weighted by Gasteiger charge is 2.19. The second-order valence-electron chi connectivity index (χ2n) is 5.01.